The molecule has 1 saturated heterocycles. The molecule has 0 bridgehead atoms. The molecular weight excluding hydrogens is 336 g/mol. The highest BCUT2D eigenvalue weighted by Gasteiger charge is 2.20. The smallest absolute Gasteiger partial charge is 0.274 e. The molecule has 1 aromatic carbocycles. The Morgan fingerprint density at radius 1 is 1.15 bits per heavy atom. The summed E-state index contributed by atoms with van der Waals surface area (Å²) in [7, 11) is 0. The van der Waals surface area contributed by atoms with E-state index in [2.05, 4.69) is 29.3 Å². The monoisotopic (exact) mass is 362 g/mol. The van der Waals surface area contributed by atoms with Gasteiger partial charge in [0.15, 0.2) is 0 Å². The van der Waals surface area contributed by atoms with E-state index in [1.807, 2.05) is 41.8 Å². The molecule has 1 fully saturated rings. The van der Waals surface area contributed by atoms with E-state index in [0.29, 0.717) is 5.69 Å². The third-order valence-electron chi connectivity index (χ3n) is 5.22. The van der Waals surface area contributed by atoms with Crippen LogP contribution in [0.15, 0.2) is 42.6 Å². The third-order valence-corrected chi connectivity index (χ3v) is 5.22. The first-order valence-electron chi connectivity index (χ1n) is 9.80. The zero-order chi connectivity index (χ0) is 18.8. The van der Waals surface area contributed by atoms with Crippen molar-refractivity contribution in [2.45, 2.75) is 39.5 Å². The number of anilines is 2. The van der Waals surface area contributed by atoms with Crippen LogP contribution in [0.3, 0.4) is 0 Å². The number of carbonyl (C=O) groups is 1. The summed E-state index contributed by atoms with van der Waals surface area (Å²) < 4.78 is 1.91. The van der Waals surface area contributed by atoms with E-state index >= 15 is 0 Å². The maximum atomic E-state index is 13.1. The minimum atomic E-state index is -0.106. The Balaban J connectivity index is 1.61. The van der Waals surface area contributed by atoms with Crippen molar-refractivity contribution >= 4 is 22.9 Å². The summed E-state index contributed by atoms with van der Waals surface area (Å²) in [6.07, 6.45) is 6.17. The summed E-state index contributed by atoms with van der Waals surface area (Å²) in [5, 5.41) is 3.05. The van der Waals surface area contributed by atoms with Crippen molar-refractivity contribution in [2.24, 2.45) is 0 Å². The van der Waals surface area contributed by atoms with Crippen molar-refractivity contribution in [1.29, 1.82) is 0 Å². The van der Waals surface area contributed by atoms with E-state index in [4.69, 9.17) is 4.98 Å². The minimum Gasteiger partial charge on any atom is -0.372 e. The van der Waals surface area contributed by atoms with Gasteiger partial charge in [0.2, 0.25) is 0 Å². The van der Waals surface area contributed by atoms with Gasteiger partial charge in [0, 0.05) is 30.7 Å². The second-order valence-corrected chi connectivity index (χ2v) is 7.24. The fraction of sp³-hybridized carbons (Fsp3) is 0.364. The molecule has 140 valence electrons. The van der Waals surface area contributed by atoms with Crippen LogP contribution in [0, 0.1) is 6.92 Å². The number of aromatic nitrogens is 2. The van der Waals surface area contributed by atoms with E-state index in [1.165, 1.54) is 18.5 Å². The van der Waals surface area contributed by atoms with Crippen LogP contribution in [-0.4, -0.2) is 28.4 Å². The molecule has 3 heterocycles. The molecule has 4 rings (SSSR count). The number of hydrogen-bond acceptors (Lipinski definition) is 3. The fourth-order valence-corrected chi connectivity index (χ4v) is 3.82. The second kappa shape index (κ2) is 7.43. The Kier molecular flexibility index (Phi) is 4.84. The van der Waals surface area contributed by atoms with Crippen LogP contribution in [0.25, 0.3) is 5.65 Å². The van der Waals surface area contributed by atoms with Gasteiger partial charge in [-0.2, -0.15) is 0 Å². The quantitative estimate of drug-likeness (QED) is 0.730. The predicted molar refractivity (Wildman–Crippen MR) is 110 cm³/mol. The van der Waals surface area contributed by atoms with Gasteiger partial charge in [0.25, 0.3) is 5.91 Å². The average molecular weight is 362 g/mol. The number of imidazole rings is 1. The highest BCUT2D eigenvalue weighted by Crippen LogP contribution is 2.23. The summed E-state index contributed by atoms with van der Waals surface area (Å²) in [5.74, 6) is -0.106. The van der Waals surface area contributed by atoms with Crippen LogP contribution in [0.1, 0.15) is 47.9 Å². The molecule has 5 nitrogen and oxygen atoms in total. The number of nitrogens with one attached hydrogen (secondary N) is 1. The van der Waals surface area contributed by atoms with Gasteiger partial charge in [-0.3, -0.25) is 9.20 Å². The molecule has 0 radical (unpaired) electrons. The lowest BCUT2D eigenvalue weighted by atomic mass is 10.2. The van der Waals surface area contributed by atoms with Crippen molar-refractivity contribution in [3.63, 3.8) is 0 Å². The Morgan fingerprint density at radius 2 is 1.89 bits per heavy atom. The third kappa shape index (κ3) is 3.42. The molecule has 3 aromatic rings. The van der Waals surface area contributed by atoms with Crippen LogP contribution in [-0.2, 0) is 6.42 Å². The molecule has 1 amide bonds. The molecular formula is C22H26N4O. The standard InChI is InChI=1S/C22H26N4O/c1-3-7-19-20(26-15-6-8-16(2)21(26)24-19)22(27)23-17-9-11-18(12-10-17)25-13-4-5-14-25/h6,8-12,15H,3-5,7,13-14H2,1-2H3,(H,23,27). The summed E-state index contributed by atoms with van der Waals surface area (Å²) in [6.45, 7) is 6.37. The first kappa shape index (κ1) is 17.6. The van der Waals surface area contributed by atoms with E-state index < -0.39 is 0 Å². The number of nitrogens with zero attached hydrogens (tertiary/aromatic N) is 3. The van der Waals surface area contributed by atoms with E-state index in [9.17, 15) is 4.79 Å². The Hall–Kier alpha value is -2.82. The highest BCUT2D eigenvalue weighted by atomic mass is 16.2. The zero-order valence-corrected chi connectivity index (χ0v) is 16.0. The first-order chi connectivity index (χ1) is 13.2. The van der Waals surface area contributed by atoms with Crippen molar-refractivity contribution in [3.05, 3.63) is 59.5 Å². The summed E-state index contributed by atoms with van der Waals surface area (Å²) >= 11 is 0. The maximum absolute atomic E-state index is 13.1. The number of rotatable bonds is 5. The lowest BCUT2D eigenvalue weighted by Crippen LogP contribution is -2.18. The number of aryl methyl sites for hydroxylation is 2. The van der Waals surface area contributed by atoms with Crippen molar-refractivity contribution in [2.75, 3.05) is 23.3 Å². The fourth-order valence-electron chi connectivity index (χ4n) is 3.82. The lowest BCUT2D eigenvalue weighted by Gasteiger charge is -2.17. The van der Waals surface area contributed by atoms with Crippen molar-refractivity contribution < 1.29 is 4.79 Å². The molecule has 0 saturated carbocycles. The topological polar surface area (TPSA) is 49.6 Å². The van der Waals surface area contributed by atoms with Crippen molar-refractivity contribution in [1.82, 2.24) is 9.38 Å². The molecule has 5 heteroatoms. The van der Waals surface area contributed by atoms with Crippen LogP contribution in [0.2, 0.25) is 0 Å². The van der Waals surface area contributed by atoms with E-state index in [1.54, 1.807) is 0 Å². The van der Waals surface area contributed by atoms with Gasteiger partial charge in [0.05, 0.1) is 5.69 Å². The normalized spacial score (nSPS) is 14.1. The van der Waals surface area contributed by atoms with Gasteiger partial charge in [-0.1, -0.05) is 19.4 Å². The summed E-state index contributed by atoms with van der Waals surface area (Å²) in [4.78, 5) is 20.2. The van der Waals surface area contributed by atoms with Crippen LogP contribution in [0.4, 0.5) is 11.4 Å². The average Bonchev–Trinajstić information content (AvgIpc) is 3.31. The highest BCUT2D eigenvalue weighted by molar-refractivity contribution is 6.04. The zero-order valence-electron chi connectivity index (χ0n) is 16.0. The number of pyridine rings is 1. The van der Waals surface area contributed by atoms with Crippen molar-refractivity contribution in [3.8, 4) is 0 Å². The first-order valence-corrected chi connectivity index (χ1v) is 9.80. The molecule has 1 aliphatic rings. The molecule has 0 unspecified atom stereocenters. The molecule has 1 N–H and O–H groups in total. The van der Waals surface area contributed by atoms with Gasteiger partial charge >= 0.3 is 0 Å². The van der Waals surface area contributed by atoms with Gasteiger partial charge in [-0.15, -0.1) is 0 Å². The Labute approximate surface area is 160 Å². The second-order valence-electron chi connectivity index (χ2n) is 7.24. The molecule has 0 spiro atoms. The number of hydrogen-bond donors (Lipinski definition) is 1. The lowest BCUT2D eigenvalue weighted by molar-refractivity contribution is 0.102. The number of benzene rings is 1. The largest absolute Gasteiger partial charge is 0.372 e. The summed E-state index contributed by atoms with van der Waals surface area (Å²) in [6, 6.07) is 12.1. The maximum Gasteiger partial charge on any atom is 0.274 e. The molecule has 0 atom stereocenters. The van der Waals surface area contributed by atoms with Crippen LogP contribution in [0.5, 0.6) is 0 Å². The predicted octanol–water partition coefficient (Wildman–Crippen LogP) is 4.45. The molecule has 27 heavy (non-hydrogen) atoms. The van der Waals surface area contributed by atoms with Gasteiger partial charge in [-0.25, -0.2) is 4.98 Å². The van der Waals surface area contributed by atoms with Crippen LogP contribution < -0.4 is 10.2 Å². The Morgan fingerprint density at radius 3 is 2.59 bits per heavy atom. The van der Waals surface area contributed by atoms with Gasteiger partial charge in [0.1, 0.15) is 11.3 Å². The van der Waals surface area contributed by atoms with Gasteiger partial charge in [-0.05, 0) is 62.1 Å². The Bertz CT molecular complexity index is 952. The van der Waals surface area contributed by atoms with Crippen LogP contribution >= 0.6 is 0 Å². The molecule has 2 aromatic heterocycles. The molecule has 1 aliphatic heterocycles. The van der Waals surface area contributed by atoms with Gasteiger partial charge < -0.3 is 10.2 Å². The molecule has 0 aliphatic carbocycles. The van der Waals surface area contributed by atoms with E-state index in [-0.39, 0.29) is 5.91 Å². The summed E-state index contributed by atoms with van der Waals surface area (Å²) in [5.41, 5.74) is 5.46. The number of fused-ring (bicyclic) bond motifs is 1. The number of carbonyl (C=O) groups excluding carboxylic acids is 1. The number of amides is 1. The SMILES string of the molecule is CCCc1nc2c(C)cccn2c1C(=O)Nc1ccc(N2CCCC2)cc1. The van der Waals surface area contributed by atoms with E-state index in [0.717, 1.165) is 48.5 Å². The minimum absolute atomic E-state index is 0.106.